The van der Waals surface area contributed by atoms with Crippen LogP contribution in [0.2, 0.25) is 5.02 Å². The van der Waals surface area contributed by atoms with Crippen molar-refractivity contribution in [1.82, 2.24) is 0 Å². The number of nitrogens with zero attached hydrogens (tertiary/aromatic N) is 1. The van der Waals surface area contributed by atoms with Crippen molar-refractivity contribution in [3.05, 3.63) is 58.6 Å². The second-order valence-electron chi connectivity index (χ2n) is 5.39. The van der Waals surface area contributed by atoms with E-state index in [0.29, 0.717) is 39.9 Å². The third kappa shape index (κ3) is 5.27. The molecule has 0 aromatic heterocycles. The Kier molecular flexibility index (Phi) is 7.07. The fourth-order valence-electron chi connectivity index (χ4n) is 2.16. The van der Waals surface area contributed by atoms with Crippen molar-refractivity contribution >= 4 is 29.3 Å². The number of ether oxygens (including phenoxy) is 2. The lowest BCUT2D eigenvalue weighted by Crippen LogP contribution is -2.07. The molecule has 2 aromatic carbocycles. The highest BCUT2D eigenvalue weighted by molar-refractivity contribution is 6.32. The molecule has 2 rings (SSSR count). The zero-order valence-corrected chi connectivity index (χ0v) is 15.3. The summed E-state index contributed by atoms with van der Waals surface area (Å²) in [5.74, 6) is 0.712. The van der Waals surface area contributed by atoms with Gasteiger partial charge in [0.15, 0.2) is 11.5 Å². The van der Waals surface area contributed by atoms with Gasteiger partial charge in [-0.15, -0.1) is 0 Å². The molecule has 134 valence electrons. The Morgan fingerprint density at radius 1 is 1.31 bits per heavy atom. The zero-order chi connectivity index (χ0) is 18.9. The van der Waals surface area contributed by atoms with E-state index in [1.807, 2.05) is 13.0 Å². The van der Waals surface area contributed by atoms with E-state index in [4.69, 9.17) is 26.3 Å². The minimum absolute atomic E-state index is 0.295. The molecule has 0 unspecified atom stereocenters. The number of rotatable bonds is 7. The van der Waals surface area contributed by atoms with Crippen molar-refractivity contribution in [2.24, 2.45) is 0 Å². The highest BCUT2D eigenvalue weighted by Gasteiger charge is 2.11. The van der Waals surface area contributed by atoms with Crippen LogP contribution in [0.4, 0.5) is 5.69 Å². The number of anilines is 1. The van der Waals surface area contributed by atoms with Gasteiger partial charge in [0.2, 0.25) is 5.91 Å². The lowest BCUT2D eigenvalue weighted by atomic mass is 10.1. The summed E-state index contributed by atoms with van der Waals surface area (Å²) in [5.41, 5.74) is 1.86. The van der Waals surface area contributed by atoms with E-state index in [0.717, 1.165) is 6.42 Å². The molecular formula is C20H19ClN2O3. The van der Waals surface area contributed by atoms with Crippen LogP contribution in [0.25, 0.3) is 6.08 Å². The molecule has 5 nitrogen and oxygen atoms in total. The van der Waals surface area contributed by atoms with Gasteiger partial charge in [0.05, 0.1) is 30.4 Å². The number of hydrogen-bond donors (Lipinski definition) is 1. The van der Waals surface area contributed by atoms with Gasteiger partial charge in [-0.05, 0) is 54.5 Å². The molecule has 0 radical (unpaired) electrons. The number of amides is 1. The van der Waals surface area contributed by atoms with E-state index in [9.17, 15) is 4.79 Å². The average Bonchev–Trinajstić information content (AvgIpc) is 2.65. The number of carbonyl (C=O) groups is 1. The third-order valence-corrected chi connectivity index (χ3v) is 3.69. The standard InChI is InChI=1S/C20H19ClN2O3/c1-3-10-26-20-17(21)11-15(12-18(20)25-2)6-9-19(24)23-16-7-4-14(13-22)5-8-16/h4-9,11-12H,3,10H2,1-2H3,(H,23,24)/b9-6+. The molecule has 0 aliphatic heterocycles. The largest absolute Gasteiger partial charge is 0.493 e. The summed E-state index contributed by atoms with van der Waals surface area (Å²) in [6.07, 6.45) is 3.89. The number of benzene rings is 2. The molecule has 0 saturated carbocycles. The quantitative estimate of drug-likeness (QED) is 0.719. The molecule has 0 spiro atoms. The molecule has 1 amide bonds. The van der Waals surface area contributed by atoms with Crippen LogP contribution in [-0.2, 0) is 4.79 Å². The summed E-state index contributed by atoms with van der Waals surface area (Å²) in [5, 5.41) is 11.9. The molecule has 0 bridgehead atoms. The molecule has 6 heteroatoms. The molecule has 26 heavy (non-hydrogen) atoms. The SMILES string of the molecule is CCCOc1c(Cl)cc(/C=C/C(=O)Nc2ccc(C#N)cc2)cc1OC. The summed E-state index contributed by atoms with van der Waals surface area (Å²) in [4.78, 5) is 12.0. The molecular weight excluding hydrogens is 352 g/mol. The highest BCUT2D eigenvalue weighted by Crippen LogP contribution is 2.36. The Morgan fingerprint density at radius 3 is 2.65 bits per heavy atom. The molecule has 0 fully saturated rings. The fourth-order valence-corrected chi connectivity index (χ4v) is 2.44. The normalized spacial score (nSPS) is 10.4. The summed E-state index contributed by atoms with van der Waals surface area (Å²) in [7, 11) is 1.54. The van der Waals surface area contributed by atoms with E-state index in [1.165, 1.54) is 13.2 Å². The molecule has 0 heterocycles. The summed E-state index contributed by atoms with van der Waals surface area (Å²) in [6.45, 7) is 2.54. The predicted octanol–water partition coefficient (Wildman–Crippen LogP) is 4.66. The van der Waals surface area contributed by atoms with Crippen LogP contribution in [-0.4, -0.2) is 19.6 Å². The number of methoxy groups -OCH3 is 1. The first-order valence-electron chi connectivity index (χ1n) is 8.07. The smallest absolute Gasteiger partial charge is 0.248 e. The Morgan fingerprint density at radius 2 is 2.04 bits per heavy atom. The monoisotopic (exact) mass is 370 g/mol. The van der Waals surface area contributed by atoms with Gasteiger partial charge in [0.25, 0.3) is 0 Å². The number of hydrogen-bond acceptors (Lipinski definition) is 4. The minimum atomic E-state index is -0.295. The van der Waals surface area contributed by atoms with Gasteiger partial charge in [-0.3, -0.25) is 4.79 Å². The van der Waals surface area contributed by atoms with E-state index < -0.39 is 0 Å². The van der Waals surface area contributed by atoms with E-state index in [2.05, 4.69) is 5.32 Å². The van der Waals surface area contributed by atoms with Gasteiger partial charge in [-0.2, -0.15) is 5.26 Å². The molecule has 1 N–H and O–H groups in total. The second-order valence-corrected chi connectivity index (χ2v) is 5.80. The zero-order valence-electron chi connectivity index (χ0n) is 14.6. The molecule has 2 aromatic rings. The van der Waals surface area contributed by atoms with Crippen molar-refractivity contribution < 1.29 is 14.3 Å². The van der Waals surface area contributed by atoms with Gasteiger partial charge in [0.1, 0.15) is 0 Å². The second kappa shape index (κ2) is 9.50. The van der Waals surface area contributed by atoms with Crippen LogP contribution in [0, 0.1) is 11.3 Å². The first-order chi connectivity index (χ1) is 12.6. The first kappa shape index (κ1) is 19.4. The van der Waals surface area contributed by atoms with Crippen LogP contribution in [0.1, 0.15) is 24.5 Å². The number of halogens is 1. The summed E-state index contributed by atoms with van der Waals surface area (Å²) in [6, 6.07) is 12.1. The Labute approximate surface area is 157 Å². The molecule has 0 saturated heterocycles. The fraction of sp³-hybridized carbons (Fsp3) is 0.200. The Balaban J connectivity index is 2.09. The van der Waals surface area contributed by atoms with E-state index >= 15 is 0 Å². The maximum atomic E-state index is 12.0. The number of nitrogens with one attached hydrogen (secondary N) is 1. The molecule has 0 aliphatic carbocycles. The Bertz CT molecular complexity index is 839. The van der Waals surface area contributed by atoms with Crippen molar-refractivity contribution in [2.45, 2.75) is 13.3 Å². The van der Waals surface area contributed by atoms with Gasteiger partial charge in [0, 0.05) is 11.8 Å². The maximum absolute atomic E-state index is 12.0. The summed E-state index contributed by atoms with van der Waals surface area (Å²) < 4.78 is 10.9. The van der Waals surface area contributed by atoms with E-state index in [1.54, 1.807) is 42.5 Å². The van der Waals surface area contributed by atoms with Gasteiger partial charge in [-0.1, -0.05) is 18.5 Å². The predicted molar refractivity (Wildman–Crippen MR) is 103 cm³/mol. The van der Waals surface area contributed by atoms with Crippen LogP contribution in [0.3, 0.4) is 0 Å². The van der Waals surface area contributed by atoms with Crippen LogP contribution >= 0.6 is 11.6 Å². The third-order valence-electron chi connectivity index (χ3n) is 3.41. The van der Waals surface area contributed by atoms with Crippen LogP contribution in [0.15, 0.2) is 42.5 Å². The van der Waals surface area contributed by atoms with Crippen molar-refractivity contribution in [3.63, 3.8) is 0 Å². The molecule has 0 aliphatic rings. The van der Waals surface area contributed by atoms with Gasteiger partial charge in [-0.25, -0.2) is 0 Å². The molecule has 0 atom stereocenters. The topological polar surface area (TPSA) is 71.3 Å². The van der Waals surface area contributed by atoms with Crippen molar-refractivity contribution in [2.75, 3.05) is 19.0 Å². The van der Waals surface area contributed by atoms with Gasteiger partial charge < -0.3 is 14.8 Å². The lowest BCUT2D eigenvalue weighted by Gasteiger charge is -2.12. The summed E-state index contributed by atoms with van der Waals surface area (Å²) >= 11 is 6.26. The number of carbonyl (C=O) groups excluding carboxylic acids is 1. The number of nitriles is 1. The van der Waals surface area contributed by atoms with Crippen molar-refractivity contribution in [3.8, 4) is 17.6 Å². The first-order valence-corrected chi connectivity index (χ1v) is 8.44. The maximum Gasteiger partial charge on any atom is 0.248 e. The van der Waals surface area contributed by atoms with Gasteiger partial charge >= 0.3 is 0 Å². The van der Waals surface area contributed by atoms with E-state index in [-0.39, 0.29) is 5.91 Å². The highest BCUT2D eigenvalue weighted by atomic mass is 35.5. The average molecular weight is 371 g/mol. The Hall–Kier alpha value is -2.97. The van der Waals surface area contributed by atoms with Crippen LogP contribution in [0.5, 0.6) is 11.5 Å². The van der Waals surface area contributed by atoms with Crippen LogP contribution < -0.4 is 14.8 Å². The minimum Gasteiger partial charge on any atom is -0.493 e. The van der Waals surface area contributed by atoms with Crippen molar-refractivity contribution in [1.29, 1.82) is 5.26 Å². The lowest BCUT2D eigenvalue weighted by molar-refractivity contribution is -0.111.